The fraction of sp³-hybridized carbons (Fsp3) is 0.400. The number of ether oxygens (including phenoxy) is 1. The van der Waals surface area contributed by atoms with Gasteiger partial charge in [0, 0.05) is 7.05 Å². The highest BCUT2D eigenvalue weighted by Gasteiger charge is 2.48. The molecule has 1 aliphatic rings. The quantitative estimate of drug-likeness (QED) is 0.853. The minimum atomic E-state index is -0.847. The van der Waals surface area contributed by atoms with Gasteiger partial charge >= 0.3 is 5.97 Å². The van der Waals surface area contributed by atoms with Crippen molar-refractivity contribution < 1.29 is 18.7 Å². The van der Waals surface area contributed by atoms with E-state index in [-0.39, 0.29) is 17.5 Å². The summed E-state index contributed by atoms with van der Waals surface area (Å²) < 4.78 is 11.2. The molecule has 1 N–H and O–H groups in total. The maximum Gasteiger partial charge on any atom is 0.338 e. The van der Waals surface area contributed by atoms with Crippen molar-refractivity contribution >= 4 is 11.9 Å². The number of furan rings is 1. The van der Waals surface area contributed by atoms with Gasteiger partial charge in [0.25, 0.3) is 0 Å². The van der Waals surface area contributed by atoms with Crippen LogP contribution in [0.15, 0.2) is 53.1 Å². The van der Waals surface area contributed by atoms with E-state index in [2.05, 4.69) is 26.1 Å². The van der Waals surface area contributed by atoms with Crippen LogP contribution in [-0.4, -0.2) is 36.0 Å². The molecule has 0 radical (unpaired) electrons. The van der Waals surface area contributed by atoms with E-state index in [9.17, 15) is 9.59 Å². The largest absolute Gasteiger partial charge is 0.465 e. The molecule has 138 valence electrons. The van der Waals surface area contributed by atoms with Crippen LogP contribution in [0.5, 0.6) is 0 Å². The van der Waals surface area contributed by atoms with Crippen molar-refractivity contribution in [1.29, 1.82) is 0 Å². The van der Waals surface area contributed by atoms with Crippen LogP contribution in [-0.2, 0) is 9.53 Å². The Morgan fingerprint density at radius 2 is 1.88 bits per heavy atom. The summed E-state index contributed by atoms with van der Waals surface area (Å²) in [7, 11) is 1.75. The molecule has 0 spiro atoms. The Labute approximate surface area is 153 Å². The first kappa shape index (κ1) is 18.2. The summed E-state index contributed by atoms with van der Waals surface area (Å²) in [6.07, 6.45) is 0.483. The second-order valence-corrected chi connectivity index (χ2v) is 7.57. The molecule has 6 heteroatoms. The topological polar surface area (TPSA) is 71.8 Å². The van der Waals surface area contributed by atoms with Gasteiger partial charge < -0.3 is 14.1 Å². The number of esters is 1. The number of benzene rings is 1. The third kappa shape index (κ3) is 3.51. The lowest BCUT2D eigenvalue weighted by Crippen LogP contribution is -2.46. The van der Waals surface area contributed by atoms with Crippen LogP contribution < -0.4 is 5.32 Å². The highest BCUT2D eigenvalue weighted by Crippen LogP contribution is 2.33. The number of nitrogens with zero attached hydrogens (tertiary/aromatic N) is 1. The number of carbonyl (C=O) groups is 2. The van der Waals surface area contributed by atoms with Crippen molar-refractivity contribution in [3.63, 3.8) is 0 Å². The minimum absolute atomic E-state index is 0.132. The molecule has 1 amide bonds. The standard InChI is InChI=1S/C20H24N2O4/c1-20(2,3)19-21-15(17(23)22(19)4)16(14-11-8-12-25-14)26-18(24)13-9-6-5-7-10-13/h5-12,15-16,19,21H,1-4H3/t15-,16+,19+/m0/s1. The number of nitrogens with one attached hydrogen (secondary N) is 1. The van der Waals surface area contributed by atoms with E-state index in [1.165, 1.54) is 6.26 Å². The van der Waals surface area contributed by atoms with Crippen LogP contribution in [0.3, 0.4) is 0 Å². The highest BCUT2D eigenvalue weighted by molar-refractivity contribution is 5.90. The predicted molar refractivity (Wildman–Crippen MR) is 96.2 cm³/mol. The van der Waals surface area contributed by atoms with Crippen LogP contribution in [0.4, 0.5) is 0 Å². The Hall–Kier alpha value is -2.60. The van der Waals surface area contributed by atoms with E-state index in [4.69, 9.17) is 9.15 Å². The molecule has 0 unspecified atom stereocenters. The van der Waals surface area contributed by atoms with Crippen LogP contribution in [0.2, 0.25) is 0 Å². The first-order valence-corrected chi connectivity index (χ1v) is 8.61. The van der Waals surface area contributed by atoms with E-state index in [1.807, 2.05) is 6.07 Å². The second-order valence-electron chi connectivity index (χ2n) is 7.57. The van der Waals surface area contributed by atoms with Gasteiger partial charge in [0.2, 0.25) is 5.91 Å². The minimum Gasteiger partial charge on any atom is -0.465 e. The maximum atomic E-state index is 12.8. The molecule has 6 nitrogen and oxygen atoms in total. The van der Waals surface area contributed by atoms with Crippen molar-refractivity contribution in [3.05, 3.63) is 60.1 Å². The Balaban J connectivity index is 1.88. The van der Waals surface area contributed by atoms with Gasteiger partial charge in [-0.3, -0.25) is 10.1 Å². The molecule has 1 aliphatic heterocycles. The molecule has 26 heavy (non-hydrogen) atoms. The van der Waals surface area contributed by atoms with Crippen molar-refractivity contribution in [1.82, 2.24) is 10.2 Å². The van der Waals surface area contributed by atoms with Crippen molar-refractivity contribution in [3.8, 4) is 0 Å². The van der Waals surface area contributed by atoms with Gasteiger partial charge in [-0.15, -0.1) is 0 Å². The molecule has 1 aromatic heterocycles. The lowest BCUT2D eigenvalue weighted by Gasteiger charge is -2.32. The molecule has 3 atom stereocenters. The van der Waals surface area contributed by atoms with Crippen molar-refractivity contribution in [2.75, 3.05) is 7.05 Å². The number of hydrogen-bond donors (Lipinski definition) is 1. The predicted octanol–water partition coefficient (Wildman–Crippen LogP) is 2.98. The summed E-state index contributed by atoms with van der Waals surface area (Å²) in [4.78, 5) is 27.1. The number of hydrogen-bond acceptors (Lipinski definition) is 5. The number of carbonyl (C=O) groups excluding carboxylic acids is 2. The van der Waals surface area contributed by atoms with Gasteiger partial charge in [-0.25, -0.2) is 4.79 Å². The van der Waals surface area contributed by atoms with E-state index >= 15 is 0 Å². The third-order valence-electron chi connectivity index (χ3n) is 4.53. The van der Waals surface area contributed by atoms with Gasteiger partial charge in [0.1, 0.15) is 11.8 Å². The molecule has 1 saturated heterocycles. The molecular formula is C20H24N2O4. The lowest BCUT2D eigenvalue weighted by molar-refractivity contribution is -0.132. The lowest BCUT2D eigenvalue weighted by atomic mass is 9.92. The number of rotatable bonds is 4. The van der Waals surface area contributed by atoms with Crippen molar-refractivity contribution in [2.45, 2.75) is 39.1 Å². The normalized spacial score (nSPS) is 21.7. The van der Waals surface area contributed by atoms with E-state index < -0.39 is 18.1 Å². The zero-order chi connectivity index (χ0) is 18.9. The number of likely N-dealkylation sites (N-methyl/N-ethyl adjacent to an activating group) is 1. The molecule has 1 aromatic carbocycles. The third-order valence-corrected chi connectivity index (χ3v) is 4.53. The molecule has 0 aliphatic carbocycles. The van der Waals surface area contributed by atoms with E-state index in [1.54, 1.807) is 48.3 Å². The molecular weight excluding hydrogens is 332 g/mol. The molecule has 1 fully saturated rings. The SMILES string of the molecule is CN1C(=O)[C@H]([C@H](OC(=O)c2ccccc2)c2ccco2)N[C@H]1C(C)(C)C. The summed E-state index contributed by atoms with van der Waals surface area (Å²) in [5, 5.41) is 3.31. The number of amides is 1. The van der Waals surface area contributed by atoms with Crippen molar-refractivity contribution in [2.24, 2.45) is 5.41 Å². The fourth-order valence-corrected chi connectivity index (χ4v) is 3.25. The van der Waals surface area contributed by atoms with Gasteiger partial charge in [0.15, 0.2) is 6.10 Å². The Morgan fingerprint density at radius 1 is 1.19 bits per heavy atom. The van der Waals surface area contributed by atoms with Gasteiger partial charge in [-0.05, 0) is 29.7 Å². The summed E-state index contributed by atoms with van der Waals surface area (Å²) in [6.45, 7) is 6.15. The second kappa shape index (κ2) is 6.96. The monoisotopic (exact) mass is 356 g/mol. The van der Waals surface area contributed by atoms with Crippen LogP contribution >= 0.6 is 0 Å². The zero-order valence-corrected chi connectivity index (χ0v) is 15.4. The molecule has 0 saturated carbocycles. The average molecular weight is 356 g/mol. The molecule has 2 aromatic rings. The summed E-state index contributed by atoms with van der Waals surface area (Å²) >= 11 is 0. The van der Waals surface area contributed by atoms with E-state index in [0.717, 1.165) is 0 Å². The smallest absolute Gasteiger partial charge is 0.338 e. The highest BCUT2D eigenvalue weighted by atomic mass is 16.6. The fourth-order valence-electron chi connectivity index (χ4n) is 3.25. The van der Waals surface area contributed by atoms with Crippen LogP contribution in [0.25, 0.3) is 0 Å². The van der Waals surface area contributed by atoms with E-state index in [0.29, 0.717) is 11.3 Å². The summed E-state index contributed by atoms with van der Waals surface area (Å²) in [5.74, 6) is -0.196. The maximum absolute atomic E-state index is 12.8. The molecule has 0 bridgehead atoms. The average Bonchev–Trinajstić information content (AvgIpc) is 3.23. The summed E-state index contributed by atoms with van der Waals surface area (Å²) in [5.41, 5.74) is 0.256. The Kier molecular flexibility index (Phi) is 4.87. The molecule has 2 heterocycles. The van der Waals surface area contributed by atoms with Gasteiger partial charge in [-0.1, -0.05) is 39.0 Å². The van der Waals surface area contributed by atoms with Crippen LogP contribution in [0, 0.1) is 5.41 Å². The summed E-state index contributed by atoms with van der Waals surface area (Å²) in [6, 6.07) is 11.4. The Morgan fingerprint density at radius 3 is 2.42 bits per heavy atom. The zero-order valence-electron chi connectivity index (χ0n) is 15.4. The van der Waals surface area contributed by atoms with Gasteiger partial charge in [0.05, 0.1) is 18.0 Å². The van der Waals surface area contributed by atoms with Gasteiger partial charge in [-0.2, -0.15) is 0 Å². The molecule has 3 rings (SSSR count). The Bertz CT molecular complexity index is 765. The van der Waals surface area contributed by atoms with Crippen LogP contribution in [0.1, 0.15) is 43.0 Å². The first-order chi connectivity index (χ1) is 12.3. The first-order valence-electron chi connectivity index (χ1n) is 8.61.